The summed E-state index contributed by atoms with van der Waals surface area (Å²) in [7, 11) is 0. The van der Waals surface area contributed by atoms with Crippen LogP contribution in [0.1, 0.15) is 25.2 Å². The molecular formula is C14H18N4O2. The predicted molar refractivity (Wildman–Crippen MR) is 73.9 cm³/mol. The van der Waals surface area contributed by atoms with Crippen molar-refractivity contribution in [2.75, 3.05) is 6.79 Å². The Bertz CT molecular complexity index is 622. The van der Waals surface area contributed by atoms with Crippen LogP contribution in [0.25, 0.3) is 5.69 Å². The Balaban J connectivity index is 2.03. The third kappa shape index (κ3) is 2.22. The third-order valence-corrected chi connectivity index (χ3v) is 3.24. The highest BCUT2D eigenvalue weighted by Gasteiger charge is 2.18. The van der Waals surface area contributed by atoms with Crippen LogP contribution in [-0.2, 0) is 13.0 Å². The Kier molecular flexibility index (Phi) is 3.31. The van der Waals surface area contributed by atoms with Crippen molar-refractivity contribution in [3.8, 4) is 17.2 Å². The quantitative estimate of drug-likeness (QED) is 0.917. The normalized spacial score (nSPS) is 13.2. The predicted octanol–water partition coefficient (Wildman–Crippen LogP) is 1.65. The minimum Gasteiger partial charge on any atom is -0.454 e. The molecule has 0 bridgehead atoms. The summed E-state index contributed by atoms with van der Waals surface area (Å²) in [5, 5.41) is 8.40. The van der Waals surface area contributed by atoms with Crippen LogP contribution in [0.2, 0.25) is 0 Å². The molecule has 1 aliphatic rings. The van der Waals surface area contributed by atoms with Gasteiger partial charge in [-0.15, -0.1) is 5.10 Å². The zero-order valence-corrected chi connectivity index (χ0v) is 11.7. The number of hydrogen-bond acceptors (Lipinski definition) is 5. The molecule has 3 rings (SSSR count). The molecule has 2 N–H and O–H groups in total. The second-order valence-corrected chi connectivity index (χ2v) is 5.23. The van der Waals surface area contributed by atoms with Crippen molar-refractivity contribution in [2.45, 2.75) is 26.8 Å². The van der Waals surface area contributed by atoms with Gasteiger partial charge in [-0.3, -0.25) is 0 Å². The lowest BCUT2D eigenvalue weighted by Crippen LogP contribution is -2.09. The van der Waals surface area contributed by atoms with Crippen LogP contribution in [0.4, 0.5) is 0 Å². The van der Waals surface area contributed by atoms with Gasteiger partial charge in [-0.25, -0.2) is 4.68 Å². The summed E-state index contributed by atoms with van der Waals surface area (Å²) in [5.74, 6) is 2.01. The molecule has 1 aliphatic heterocycles. The number of fused-ring (bicyclic) bond motifs is 1. The standard InChI is InChI=1S/C14H18N4O2/c1-9(2)5-12-11(7-15)16-17-18(12)10-3-4-13-14(6-10)20-8-19-13/h3-4,6,9H,5,7-8,15H2,1-2H3. The Morgan fingerprint density at radius 3 is 2.85 bits per heavy atom. The van der Waals surface area contributed by atoms with E-state index in [1.54, 1.807) is 0 Å². The maximum atomic E-state index is 5.75. The van der Waals surface area contributed by atoms with E-state index in [9.17, 15) is 0 Å². The van der Waals surface area contributed by atoms with Crippen LogP contribution in [0.15, 0.2) is 18.2 Å². The first-order valence-electron chi connectivity index (χ1n) is 6.72. The van der Waals surface area contributed by atoms with Crippen LogP contribution in [0.5, 0.6) is 11.5 Å². The zero-order valence-electron chi connectivity index (χ0n) is 11.7. The van der Waals surface area contributed by atoms with E-state index in [1.807, 2.05) is 22.9 Å². The van der Waals surface area contributed by atoms with E-state index in [2.05, 4.69) is 24.2 Å². The summed E-state index contributed by atoms with van der Waals surface area (Å²) in [6, 6.07) is 5.76. The van der Waals surface area contributed by atoms with E-state index < -0.39 is 0 Å². The largest absolute Gasteiger partial charge is 0.454 e. The molecule has 0 unspecified atom stereocenters. The second-order valence-electron chi connectivity index (χ2n) is 5.23. The fourth-order valence-corrected chi connectivity index (χ4v) is 2.31. The zero-order chi connectivity index (χ0) is 14.1. The van der Waals surface area contributed by atoms with Crippen LogP contribution in [0, 0.1) is 5.92 Å². The molecular weight excluding hydrogens is 256 g/mol. The molecule has 0 aliphatic carbocycles. The van der Waals surface area contributed by atoms with E-state index in [0.29, 0.717) is 12.5 Å². The molecule has 20 heavy (non-hydrogen) atoms. The number of ether oxygens (including phenoxy) is 2. The van der Waals surface area contributed by atoms with Gasteiger partial charge in [-0.1, -0.05) is 19.1 Å². The molecule has 1 aromatic heterocycles. The number of benzene rings is 1. The second kappa shape index (κ2) is 5.13. The van der Waals surface area contributed by atoms with E-state index >= 15 is 0 Å². The lowest BCUT2D eigenvalue weighted by Gasteiger charge is -2.10. The Morgan fingerprint density at radius 2 is 2.10 bits per heavy atom. The van der Waals surface area contributed by atoms with Gasteiger partial charge >= 0.3 is 0 Å². The number of hydrogen-bond donors (Lipinski definition) is 1. The molecule has 2 heterocycles. The van der Waals surface area contributed by atoms with Crippen molar-refractivity contribution in [1.82, 2.24) is 15.0 Å². The van der Waals surface area contributed by atoms with Gasteiger partial charge in [-0.2, -0.15) is 0 Å². The summed E-state index contributed by atoms with van der Waals surface area (Å²) in [6.45, 7) is 4.99. The lowest BCUT2D eigenvalue weighted by atomic mass is 10.1. The van der Waals surface area contributed by atoms with Gasteiger partial charge in [0.1, 0.15) is 0 Å². The summed E-state index contributed by atoms with van der Waals surface area (Å²) >= 11 is 0. The Labute approximate surface area is 117 Å². The molecule has 0 spiro atoms. The summed E-state index contributed by atoms with van der Waals surface area (Å²) in [6.07, 6.45) is 0.883. The van der Waals surface area contributed by atoms with Crippen LogP contribution >= 0.6 is 0 Å². The van der Waals surface area contributed by atoms with Crippen LogP contribution in [-0.4, -0.2) is 21.8 Å². The smallest absolute Gasteiger partial charge is 0.231 e. The average molecular weight is 274 g/mol. The topological polar surface area (TPSA) is 75.2 Å². The van der Waals surface area contributed by atoms with Gasteiger partial charge in [0, 0.05) is 12.6 Å². The monoisotopic (exact) mass is 274 g/mol. The SMILES string of the molecule is CC(C)Cc1c(CN)nnn1-c1ccc2c(c1)OCO2. The Hall–Kier alpha value is -2.08. The first kappa shape index (κ1) is 12.9. The van der Waals surface area contributed by atoms with Crippen molar-refractivity contribution >= 4 is 0 Å². The molecule has 2 aromatic rings. The third-order valence-electron chi connectivity index (χ3n) is 3.24. The first-order valence-corrected chi connectivity index (χ1v) is 6.72. The van der Waals surface area contributed by atoms with E-state index in [-0.39, 0.29) is 6.79 Å². The molecule has 0 radical (unpaired) electrons. The van der Waals surface area contributed by atoms with Gasteiger partial charge in [0.25, 0.3) is 0 Å². The molecule has 0 amide bonds. The molecule has 0 fully saturated rings. The average Bonchev–Trinajstić information content (AvgIpc) is 3.03. The summed E-state index contributed by atoms with van der Waals surface area (Å²) in [4.78, 5) is 0. The number of nitrogens with zero attached hydrogens (tertiary/aromatic N) is 3. The molecule has 6 heteroatoms. The van der Waals surface area contributed by atoms with Gasteiger partial charge in [-0.05, 0) is 24.5 Å². The van der Waals surface area contributed by atoms with Crippen molar-refractivity contribution in [3.63, 3.8) is 0 Å². The minimum absolute atomic E-state index is 0.267. The molecule has 0 atom stereocenters. The fraction of sp³-hybridized carbons (Fsp3) is 0.429. The minimum atomic E-state index is 0.267. The van der Waals surface area contributed by atoms with E-state index in [0.717, 1.165) is 35.0 Å². The van der Waals surface area contributed by atoms with Crippen molar-refractivity contribution < 1.29 is 9.47 Å². The highest BCUT2D eigenvalue weighted by Crippen LogP contribution is 2.34. The molecule has 6 nitrogen and oxygen atoms in total. The molecule has 1 aromatic carbocycles. The fourth-order valence-electron chi connectivity index (χ4n) is 2.31. The maximum Gasteiger partial charge on any atom is 0.231 e. The highest BCUT2D eigenvalue weighted by molar-refractivity contribution is 5.50. The van der Waals surface area contributed by atoms with Crippen molar-refractivity contribution in [2.24, 2.45) is 11.7 Å². The van der Waals surface area contributed by atoms with Crippen LogP contribution < -0.4 is 15.2 Å². The van der Waals surface area contributed by atoms with Crippen molar-refractivity contribution in [1.29, 1.82) is 0 Å². The number of nitrogens with two attached hydrogens (primary N) is 1. The lowest BCUT2D eigenvalue weighted by molar-refractivity contribution is 0.174. The van der Waals surface area contributed by atoms with E-state index in [1.165, 1.54) is 0 Å². The van der Waals surface area contributed by atoms with Gasteiger partial charge in [0.2, 0.25) is 6.79 Å². The van der Waals surface area contributed by atoms with Crippen LogP contribution in [0.3, 0.4) is 0 Å². The number of rotatable bonds is 4. The maximum absolute atomic E-state index is 5.75. The van der Waals surface area contributed by atoms with Gasteiger partial charge in [0.05, 0.1) is 17.1 Å². The number of aromatic nitrogens is 3. The summed E-state index contributed by atoms with van der Waals surface area (Å²) < 4.78 is 12.6. The molecule has 106 valence electrons. The summed E-state index contributed by atoms with van der Waals surface area (Å²) in [5.41, 5.74) is 8.56. The molecule has 0 saturated carbocycles. The van der Waals surface area contributed by atoms with Crippen molar-refractivity contribution in [3.05, 3.63) is 29.6 Å². The molecule has 0 saturated heterocycles. The highest BCUT2D eigenvalue weighted by atomic mass is 16.7. The van der Waals surface area contributed by atoms with Gasteiger partial charge < -0.3 is 15.2 Å². The first-order chi connectivity index (χ1) is 9.69. The Morgan fingerprint density at radius 1 is 1.30 bits per heavy atom. The van der Waals surface area contributed by atoms with Gasteiger partial charge in [0.15, 0.2) is 11.5 Å². The van der Waals surface area contributed by atoms with E-state index in [4.69, 9.17) is 15.2 Å².